The lowest BCUT2D eigenvalue weighted by Gasteiger charge is -2.01. The van der Waals surface area contributed by atoms with E-state index in [9.17, 15) is 4.79 Å². The summed E-state index contributed by atoms with van der Waals surface area (Å²) >= 11 is 4.78. The molecule has 0 saturated heterocycles. The molecular weight excluding hydrogens is 324 g/mol. The molecule has 5 heteroatoms. The number of fused-ring (bicyclic) bond motifs is 1. The molecule has 1 N–H and O–H groups in total. The zero-order valence-corrected chi connectivity index (χ0v) is 12.2. The van der Waals surface area contributed by atoms with Gasteiger partial charge in [0.05, 0.1) is 5.69 Å². The number of carbonyl (C=O) groups is 1. The second kappa shape index (κ2) is 5.19. The second-order valence-electron chi connectivity index (χ2n) is 3.97. The molecule has 2 aromatic carbocycles. The number of anilines is 1. The molecule has 0 aromatic heterocycles. The van der Waals surface area contributed by atoms with Gasteiger partial charge in [-0.05, 0) is 30.3 Å². The van der Waals surface area contributed by atoms with Crippen LogP contribution in [-0.2, 0) is 0 Å². The number of carbonyl (C=O) groups excluding carboxylic acids is 1. The fourth-order valence-electron chi connectivity index (χ4n) is 1.76. The molecule has 0 fully saturated rings. The van der Waals surface area contributed by atoms with Crippen LogP contribution in [0.5, 0.6) is 0 Å². The van der Waals surface area contributed by atoms with E-state index >= 15 is 0 Å². The van der Waals surface area contributed by atoms with Crippen LogP contribution in [0.2, 0.25) is 0 Å². The van der Waals surface area contributed by atoms with Gasteiger partial charge < -0.3 is 0 Å². The summed E-state index contributed by atoms with van der Waals surface area (Å²) in [4.78, 5) is 13.0. The van der Waals surface area contributed by atoms with Crippen molar-refractivity contribution in [3.8, 4) is 0 Å². The van der Waals surface area contributed by atoms with E-state index in [0.717, 1.165) is 20.6 Å². The molecule has 0 amide bonds. The molecule has 0 aliphatic carbocycles. The van der Waals surface area contributed by atoms with Crippen molar-refractivity contribution in [3.63, 3.8) is 0 Å². The number of nitrogens with one attached hydrogen (secondary N) is 1. The van der Waals surface area contributed by atoms with Gasteiger partial charge in [0.15, 0.2) is 5.04 Å². The predicted molar refractivity (Wildman–Crippen MR) is 81.8 cm³/mol. The molecule has 1 heterocycles. The van der Waals surface area contributed by atoms with Gasteiger partial charge in [-0.1, -0.05) is 45.9 Å². The SMILES string of the molecule is O=C1/C(=N\Nc2cccc(Br)c2)Sc2ccccc21. The maximum absolute atomic E-state index is 12.1. The van der Waals surface area contributed by atoms with Crippen LogP contribution in [-0.4, -0.2) is 10.8 Å². The molecule has 3 nitrogen and oxygen atoms in total. The van der Waals surface area contributed by atoms with Crippen molar-refractivity contribution in [2.45, 2.75) is 4.90 Å². The van der Waals surface area contributed by atoms with Crippen LogP contribution >= 0.6 is 27.7 Å². The summed E-state index contributed by atoms with van der Waals surface area (Å²) in [6.45, 7) is 0. The van der Waals surface area contributed by atoms with Gasteiger partial charge in [-0.3, -0.25) is 10.2 Å². The molecule has 1 aliphatic rings. The number of rotatable bonds is 2. The van der Waals surface area contributed by atoms with Crippen molar-refractivity contribution in [2.75, 3.05) is 5.43 Å². The Morgan fingerprint density at radius 2 is 1.95 bits per heavy atom. The minimum atomic E-state index is -0.0249. The smallest absolute Gasteiger partial charge is 0.221 e. The highest BCUT2D eigenvalue weighted by molar-refractivity contribution is 9.10. The summed E-state index contributed by atoms with van der Waals surface area (Å²) in [6.07, 6.45) is 0. The summed E-state index contributed by atoms with van der Waals surface area (Å²) in [7, 11) is 0. The molecule has 19 heavy (non-hydrogen) atoms. The third-order valence-electron chi connectivity index (χ3n) is 2.64. The minimum Gasteiger partial charge on any atom is -0.286 e. The Balaban J connectivity index is 1.82. The Morgan fingerprint density at radius 1 is 1.11 bits per heavy atom. The lowest BCUT2D eigenvalue weighted by Crippen LogP contribution is -2.06. The highest BCUT2D eigenvalue weighted by atomic mass is 79.9. The number of hydrazone groups is 1. The maximum atomic E-state index is 12.1. The van der Waals surface area contributed by atoms with Gasteiger partial charge in [0, 0.05) is 14.9 Å². The molecule has 0 saturated carbocycles. The Morgan fingerprint density at radius 3 is 2.74 bits per heavy atom. The topological polar surface area (TPSA) is 41.5 Å². The molecule has 1 aliphatic heterocycles. The van der Waals surface area contributed by atoms with Crippen LogP contribution in [0, 0.1) is 0 Å². The lowest BCUT2D eigenvalue weighted by atomic mass is 10.1. The summed E-state index contributed by atoms with van der Waals surface area (Å²) < 4.78 is 0.964. The van der Waals surface area contributed by atoms with Crippen molar-refractivity contribution in [1.82, 2.24) is 0 Å². The van der Waals surface area contributed by atoms with E-state index < -0.39 is 0 Å². The summed E-state index contributed by atoms with van der Waals surface area (Å²) in [5.41, 5.74) is 4.47. The van der Waals surface area contributed by atoms with Crippen LogP contribution in [0.1, 0.15) is 10.4 Å². The first-order chi connectivity index (χ1) is 9.24. The number of hydrogen-bond acceptors (Lipinski definition) is 4. The van der Waals surface area contributed by atoms with Gasteiger partial charge in [0.2, 0.25) is 5.78 Å². The second-order valence-corrected chi connectivity index (χ2v) is 5.91. The van der Waals surface area contributed by atoms with Crippen molar-refractivity contribution in [3.05, 3.63) is 58.6 Å². The van der Waals surface area contributed by atoms with Gasteiger partial charge in [-0.15, -0.1) is 0 Å². The van der Waals surface area contributed by atoms with Crippen molar-refractivity contribution in [2.24, 2.45) is 5.10 Å². The fraction of sp³-hybridized carbons (Fsp3) is 0. The van der Waals surface area contributed by atoms with E-state index in [1.54, 1.807) is 0 Å². The number of benzene rings is 2. The number of hydrogen-bond donors (Lipinski definition) is 1. The summed E-state index contributed by atoms with van der Waals surface area (Å²) in [5, 5.41) is 4.66. The first kappa shape index (κ1) is 12.4. The fourth-order valence-corrected chi connectivity index (χ4v) is 3.07. The third-order valence-corrected chi connectivity index (χ3v) is 4.18. The molecule has 0 unspecified atom stereocenters. The van der Waals surface area contributed by atoms with E-state index in [1.165, 1.54) is 11.8 Å². The number of nitrogens with zero attached hydrogens (tertiary/aromatic N) is 1. The van der Waals surface area contributed by atoms with Gasteiger partial charge in [-0.2, -0.15) is 5.10 Å². The maximum Gasteiger partial charge on any atom is 0.221 e. The van der Waals surface area contributed by atoms with Gasteiger partial charge in [-0.25, -0.2) is 0 Å². The predicted octanol–water partition coefficient (Wildman–Crippen LogP) is 4.16. The van der Waals surface area contributed by atoms with Crippen molar-refractivity contribution in [1.29, 1.82) is 0 Å². The van der Waals surface area contributed by atoms with E-state index in [4.69, 9.17) is 0 Å². The zero-order valence-electron chi connectivity index (χ0n) is 9.76. The Kier molecular flexibility index (Phi) is 3.40. The summed E-state index contributed by atoms with van der Waals surface area (Å²) in [5.74, 6) is -0.0249. The number of Topliss-reactive ketones (excluding diaryl/α,β-unsaturated/α-hetero) is 1. The van der Waals surface area contributed by atoms with E-state index in [1.807, 2.05) is 48.5 Å². The number of ketones is 1. The van der Waals surface area contributed by atoms with Crippen molar-refractivity contribution < 1.29 is 4.79 Å². The van der Waals surface area contributed by atoms with Crippen molar-refractivity contribution >= 4 is 44.2 Å². The molecule has 0 atom stereocenters. The summed E-state index contributed by atoms with van der Waals surface area (Å²) in [6, 6.07) is 15.2. The Labute approximate surface area is 123 Å². The molecule has 3 rings (SSSR count). The van der Waals surface area contributed by atoms with Gasteiger partial charge in [0.25, 0.3) is 0 Å². The van der Waals surface area contributed by atoms with E-state index in [2.05, 4.69) is 26.5 Å². The van der Waals surface area contributed by atoms with Crippen LogP contribution in [0.4, 0.5) is 5.69 Å². The third kappa shape index (κ3) is 2.57. The van der Waals surface area contributed by atoms with E-state index in [-0.39, 0.29) is 5.78 Å². The highest BCUT2D eigenvalue weighted by Gasteiger charge is 2.27. The average Bonchev–Trinajstić information content (AvgIpc) is 2.74. The zero-order chi connectivity index (χ0) is 13.2. The molecule has 0 radical (unpaired) electrons. The standard InChI is InChI=1S/C14H9BrN2OS/c15-9-4-3-5-10(8-9)16-17-14-13(18)11-6-1-2-7-12(11)19-14/h1-8,16H/b17-14+. The van der Waals surface area contributed by atoms with E-state index in [0.29, 0.717) is 5.04 Å². The largest absolute Gasteiger partial charge is 0.286 e. The molecule has 0 bridgehead atoms. The minimum absolute atomic E-state index is 0.0249. The normalized spacial score (nSPS) is 15.6. The number of thioether (sulfide) groups is 1. The monoisotopic (exact) mass is 332 g/mol. The quantitative estimate of drug-likeness (QED) is 0.839. The van der Waals surface area contributed by atoms with Crippen LogP contribution in [0.25, 0.3) is 0 Å². The molecular formula is C14H9BrN2OS. The van der Waals surface area contributed by atoms with Gasteiger partial charge in [0.1, 0.15) is 0 Å². The molecule has 2 aromatic rings. The number of halogens is 1. The first-order valence-corrected chi connectivity index (χ1v) is 7.26. The Bertz CT molecular complexity index is 685. The molecule has 0 spiro atoms. The van der Waals surface area contributed by atoms with Crippen LogP contribution in [0.3, 0.4) is 0 Å². The molecule has 94 valence electrons. The first-order valence-electron chi connectivity index (χ1n) is 5.65. The average molecular weight is 333 g/mol. The van der Waals surface area contributed by atoms with Gasteiger partial charge >= 0.3 is 0 Å². The highest BCUT2D eigenvalue weighted by Crippen LogP contribution is 2.33. The van der Waals surface area contributed by atoms with Crippen LogP contribution in [0.15, 0.2) is 63.0 Å². The van der Waals surface area contributed by atoms with Crippen LogP contribution < -0.4 is 5.43 Å². The Hall–Kier alpha value is -1.59. The lowest BCUT2D eigenvalue weighted by molar-refractivity contribution is 0.106.